The molecule has 0 aliphatic rings. The molecule has 0 unspecified atom stereocenters. The Hall–Kier alpha value is -1.68. The average Bonchev–Trinajstić information content (AvgIpc) is 2.26. The van der Waals surface area contributed by atoms with Crippen LogP contribution in [0.5, 0.6) is 0 Å². The monoisotopic (exact) mass is 297 g/mol. The maximum atomic E-state index is 11.4. The van der Waals surface area contributed by atoms with Crippen LogP contribution >= 0.6 is 0 Å². The van der Waals surface area contributed by atoms with Gasteiger partial charge in [-0.2, -0.15) is 0 Å². The van der Waals surface area contributed by atoms with E-state index in [1.165, 1.54) is 0 Å². The third kappa shape index (κ3) is 8.11. The van der Waals surface area contributed by atoms with Gasteiger partial charge in [0.1, 0.15) is 6.04 Å². The number of carbonyl (C=O) groups excluding carboxylic acids is 1. The zero-order chi connectivity index (χ0) is 15.1. The molecule has 0 heterocycles. The highest BCUT2D eigenvalue weighted by Crippen LogP contribution is 2.04. The molecule has 10 heteroatoms. The lowest BCUT2D eigenvalue weighted by Gasteiger charge is -2.13. The number of sulfonamides is 1. The van der Waals surface area contributed by atoms with Crippen LogP contribution in [0, 0.1) is 0 Å². The molecule has 0 saturated carbocycles. The van der Waals surface area contributed by atoms with Gasteiger partial charge in [0.25, 0.3) is 0 Å². The van der Waals surface area contributed by atoms with Gasteiger partial charge in [-0.3, -0.25) is 14.4 Å². The van der Waals surface area contributed by atoms with Gasteiger partial charge in [-0.25, -0.2) is 13.1 Å². The molecule has 0 amide bonds. The van der Waals surface area contributed by atoms with Gasteiger partial charge in [0.05, 0.1) is 7.11 Å². The van der Waals surface area contributed by atoms with Gasteiger partial charge in [-0.1, -0.05) is 0 Å². The van der Waals surface area contributed by atoms with Crippen LogP contribution in [-0.4, -0.2) is 55.4 Å². The lowest BCUT2D eigenvalue weighted by molar-refractivity contribution is -0.140. The number of nitrogens with one attached hydrogen (secondary N) is 1. The minimum absolute atomic E-state index is 0.00690. The summed E-state index contributed by atoms with van der Waals surface area (Å²) < 4.78 is 28.8. The zero-order valence-electron chi connectivity index (χ0n) is 10.2. The van der Waals surface area contributed by atoms with E-state index in [2.05, 4.69) is 4.74 Å². The van der Waals surface area contributed by atoms with Crippen molar-refractivity contribution in [2.75, 3.05) is 12.9 Å². The largest absolute Gasteiger partial charge is 0.481 e. The van der Waals surface area contributed by atoms with E-state index in [4.69, 9.17) is 10.2 Å². The molecule has 0 aliphatic carbocycles. The minimum Gasteiger partial charge on any atom is -0.481 e. The average molecular weight is 297 g/mol. The predicted molar refractivity (Wildman–Crippen MR) is 61.8 cm³/mol. The smallest absolute Gasteiger partial charge is 0.322 e. The lowest BCUT2D eigenvalue weighted by Crippen LogP contribution is -2.43. The van der Waals surface area contributed by atoms with Crippen LogP contribution in [0.25, 0.3) is 0 Å². The molecule has 0 aromatic heterocycles. The van der Waals surface area contributed by atoms with E-state index in [0.29, 0.717) is 0 Å². The molecule has 0 bridgehead atoms. The number of hydrogen-bond donors (Lipinski definition) is 3. The van der Waals surface area contributed by atoms with Crippen molar-refractivity contribution in [3.63, 3.8) is 0 Å². The van der Waals surface area contributed by atoms with Crippen molar-refractivity contribution in [3.05, 3.63) is 0 Å². The van der Waals surface area contributed by atoms with E-state index in [1.807, 2.05) is 4.72 Å². The van der Waals surface area contributed by atoms with Crippen LogP contribution in [0.1, 0.15) is 19.3 Å². The van der Waals surface area contributed by atoms with Gasteiger partial charge in [-0.05, 0) is 12.8 Å². The third-order valence-electron chi connectivity index (χ3n) is 2.04. The number of aliphatic carboxylic acids is 2. The summed E-state index contributed by atoms with van der Waals surface area (Å²) in [5.41, 5.74) is 0. The van der Waals surface area contributed by atoms with E-state index in [-0.39, 0.29) is 19.3 Å². The highest BCUT2D eigenvalue weighted by molar-refractivity contribution is 7.90. The van der Waals surface area contributed by atoms with Crippen molar-refractivity contribution in [1.29, 1.82) is 0 Å². The van der Waals surface area contributed by atoms with Gasteiger partial charge in [0, 0.05) is 6.42 Å². The van der Waals surface area contributed by atoms with E-state index in [9.17, 15) is 22.8 Å². The standard InChI is InChI=1S/C9H15NO8S/c1-18-8(13)5-19(16,17)10-6(9(14)15)3-2-4-7(11)12/h6,10H,2-5H2,1H3,(H,11,12)(H,14,15)/t6-/m1/s1. The Kier molecular flexibility index (Phi) is 7.01. The summed E-state index contributed by atoms with van der Waals surface area (Å²) in [6, 6.07) is -1.48. The highest BCUT2D eigenvalue weighted by Gasteiger charge is 2.26. The lowest BCUT2D eigenvalue weighted by atomic mass is 10.1. The Morgan fingerprint density at radius 2 is 1.84 bits per heavy atom. The topological polar surface area (TPSA) is 147 Å². The number of rotatable bonds is 9. The fraction of sp³-hybridized carbons (Fsp3) is 0.667. The summed E-state index contributed by atoms with van der Waals surface area (Å²) >= 11 is 0. The normalized spacial score (nSPS) is 12.7. The molecule has 0 fully saturated rings. The second kappa shape index (κ2) is 7.69. The van der Waals surface area contributed by atoms with Crippen LogP contribution < -0.4 is 4.72 Å². The van der Waals surface area contributed by atoms with Gasteiger partial charge in [0.15, 0.2) is 5.75 Å². The summed E-state index contributed by atoms with van der Waals surface area (Å²) in [7, 11) is -3.14. The van der Waals surface area contributed by atoms with Crippen LogP contribution in [0.2, 0.25) is 0 Å². The number of ether oxygens (including phenoxy) is 1. The van der Waals surface area contributed by atoms with E-state index < -0.39 is 39.7 Å². The molecule has 0 saturated heterocycles. The number of carboxylic acids is 2. The molecule has 0 aliphatic heterocycles. The zero-order valence-corrected chi connectivity index (χ0v) is 11.0. The quantitative estimate of drug-likeness (QED) is 0.449. The summed E-state index contributed by atoms with van der Waals surface area (Å²) in [5.74, 6) is -4.57. The van der Waals surface area contributed by atoms with Crippen LogP contribution in [0.15, 0.2) is 0 Å². The molecule has 110 valence electrons. The number of esters is 1. The molecule has 1 atom stereocenters. The highest BCUT2D eigenvalue weighted by atomic mass is 32.2. The Morgan fingerprint density at radius 1 is 1.26 bits per heavy atom. The first kappa shape index (κ1) is 17.3. The first-order valence-electron chi connectivity index (χ1n) is 5.19. The molecular formula is C9H15NO8S. The fourth-order valence-corrected chi connectivity index (χ4v) is 2.33. The molecule has 3 N–H and O–H groups in total. The van der Waals surface area contributed by atoms with Gasteiger partial charge < -0.3 is 14.9 Å². The molecule has 0 rings (SSSR count). The summed E-state index contributed by atoms with van der Waals surface area (Å²) in [6.07, 6.45) is -0.475. The van der Waals surface area contributed by atoms with E-state index in [0.717, 1.165) is 7.11 Å². The van der Waals surface area contributed by atoms with Gasteiger partial charge in [0.2, 0.25) is 10.0 Å². The number of carboxylic acid groups (broad SMARTS) is 2. The maximum absolute atomic E-state index is 11.4. The van der Waals surface area contributed by atoms with Crippen LogP contribution in [-0.2, 0) is 29.1 Å². The first-order valence-corrected chi connectivity index (χ1v) is 6.84. The van der Waals surface area contributed by atoms with Gasteiger partial charge >= 0.3 is 17.9 Å². The summed E-state index contributed by atoms with van der Waals surface area (Å²) in [6.45, 7) is 0. The van der Waals surface area contributed by atoms with Gasteiger partial charge in [-0.15, -0.1) is 0 Å². The maximum Gasteiger partial charge on any atom is 0.322 e. The second-order valence-corrected chi connectivity index (χ2v) is 5.38. The van der Waals surface area contributed by atoms with Crippen molar-refractivity contribution in [1.82, 2.24) is 4.72 Å². The molecule has 9 nitrogen and oxygen atoms in total. The van der Waals surface area contributed by atoms with Crippen LogP contribution in [0.4, 0.5) is 0 Å². The van der Waals surface area contributed by atoms with E-state index in [1.54, 1.807) is 0 Å². The summed E-state index contributed by atoms with van der Waals surface area (Å²) in [5, 5.41) is 17.2. The van der Waals surface area contributed by atoms with Crippen LogP contribution in [0.3, 0.4) is 0 Å². The van der Waals surface area contributed by atoms with Crippen molar-refractivity contribution >= 4 is 27.9 Å². The van der Waals surface area contributed by atoms with Crippen molar-refractivity contribution in [2.24, 2.45) is 0 Å². The Balaban J connectivity index is 4.53. The van der Waals surface area contributed by atoms with Crippen molar-refractivity contribution < 1.29 is 37.8 Å². The molecule has 0 radical (unpaired) electrons. The number of hydrogen-bond acceptors (Lipinski definition) is 6. The second-order valence-electron chi connectivity index (χ2n) is 3.63. The third-order valence-corrected chi connectivity index (χ3v) is 3.30. The summed E-state index contributed by atoms with van der Waals surface area (Å²) in [4.78, 5) is 31.9. The molecule has 0 spiro atoms. The minimum atomic E-state index is -4.14. The molecular weight excluding hydrogens is 282 g/mol. The Bertz CT molecular complexity index is 443. The Labute approximate surface area is 109 Å². The first-order chi connectivity index (χ1) is 8.68. The van der Waals surface area contributed by atoms with E-state index >= 15 is 0 Å². The SMILES string of the molecule is COC(=O)CS(=O)(=O)N[C@H](CCCC(=O)O)C(=O)O. The fourth-order valence-electron chi connectivity index (χ4n) is 1.16. The molecule has 0 aromatic rings. The number of methoxy groups -OCH3 is 1. The van der Waals surface area contributed by atoms with Crippen molar-refractivity contribution in [2.45, 2.75) is 25.3 Å². The molecule has 0 aromatic carbocycles. The Morgan fingerprint density at radius 3 is 2.26 bits per heavy atom. The predicted octanol–water partition coefficient (Wildman–Crippen LogP) is -1.21. The van der Waals surface area contributed by atoms with Crippen molar-refractivity contribution in [3.8, 4) is 0 Å². The molecule has 19 heavy (non-hydrogen) atoms. The number of carbonyl (C=O) groups is 3.